The van der Waals surface area contributed by atoms with Gasteiger partial charge in [-0.2, -0.15) is 0 Å². The van der Waals surface area contributed by atoms with Crippen LogP contribution in [0.4, 0.5) is 5.69 Å². The van der Waals surface area contributed by atoms with Crippen LogP contribution >= 0.6 is 23.5 Å². The first-order valence-corrected chi connectivity index (χ1v) is 10.0. The normalized spacial score (nSPS) is 10.4. The van der Waals surface area contributed by atoms with Crippen LogP contribution in [0.5, 0.6) is 0 Å². The lowest BCUT2D eigenvalue weighted by Gasteiger charge is -1.98. The lowest BCUT2D eigenvalue weighted by molar-refractivity contribution is 1.47. The molecule has 0 bridgehead atoms. The van der Waals surface area contributed by atoms with Gasteiger partial charge in [0.15, 0.2) is 0 Å². The minimum absolute atomic E-state index is 0.987. The zero-order valence-corrected chi connectivity index (χ0v) is 16.3. The monoisotopic (exact) mass is 345 g/mol. The van der Waals surface area contributed by atoms with Gasteiger partial charge >= 0.3 is 0 Å². The molecular weight excluding hydrogens is 318 g/mol. The van der Waals surface area contributed by atoms with Crippen LogP contribution in [0.1, 0.15) is 27.7 Å². The zero-order valence-electron chi connectivity index (χ0n) is 14.7. The number of hydrogen-bond donors (Lipinski definition) is 0. The van der Waals surface area contributed by atoms with Gasteiger partial charge in [0.05, 0.1) is 10.7 Å². The van der Waals surface area contributed by atoms with E-state index in [1.807, 2.05) is 82.5 Å². The molecule has 0 heterocycles. The van der Waals surface area contributed by atoms with E-state index in [1.54, 1.807) is 23.5 Å². The lowest BCUT2D eigenvalue weighted by Crippen LogP contribution is -1.82. The summed E-state index contributed by atoms with van der Waals surface area (Å²) in [4.78, 5) is 5.82. The number of benzene rings is 2. The maximum Gasteiger partial charge on any atom is 0.0969 e. The number of rotatable bonds is 4. The molecular formula is C20H27NS2. The highest BCUT2D eigenvalue weighted by molar-refractivity contribution is 8.13. The summed E-state index contributed by atoms with van der Waals surface area (Å²) in [5.74, 6) is 0. The van der Waals surface area contributed by atoms with Crippen molar-refractivity contribution in [3.8, 4) is 0 Å². The van der Waals surface area contributed by atoms with Crippen molar-refractivity contribution in [1.82, 2.24) is 0 Å². The summed E-state index contributed by atoms with van der Waals surface area (Å²) in [6.07, 6.45) is 4.09. The third-order valence-corrected chi connectivity index (χ3v) is 3.82. The van der Waals surface area contributed by atoms with E-state index in [9.17, 15) is 0 Å². The minimum Gasteiger partial charge on any atom is -0.242 e. The van der Waals surface area contributed by atoms with Gasteiger partial charge in [-0.25, -0.2) is 4.99 Å². The van der Waals surface area contributed by atoms with Crippen molar-refractivity contribution in [3.63, 3.8) is 0 Å². The maximum absolute atomic E-state index is 4.59. The van der Waals surface area contributed by atoms with E-state index in [-0.39, 0.29) is 0 Å². The molecule has 0 saturated carbocycles. The fraction of sp³-hybridized carbons (Fsp3) is 0.250. The molecule has 3 heteroatoms. The standard InChI is InChI=1S/C16H15NS2.2C2H6/c1-18-16(17-14-8-4-2-5-9-14)12-13-19-15-10-6-3-7-11-15;2*1-2/h2-13H,1H3;2*1-2H3. The molecule has 0 aliphatic rings. The van der Waals surface area contributed by atoms with Crippen LogP contribution in [0.15, 0.2) is 82.0 Å². The molecule has 0 spiro atoms. The first-order valence-electron chi connectivity index (χ1n) is 7.94. The molecule has 0 aromatic heterocycles. The van der Waals surface area contributed by atoms with E-state index in [1.165, 1.54) is 4.90 Å². The Labute approximate surface area is 150 Å². The largest absolute Gasteiger partial charge is 0.242 e. The summed E-state index contributed by atoms with van der Waals surface area (Å²) >= 11 is 3.35. The van der Waals surface area contributed by atoms with Crippen LogP contribution in [-0.4, -0.2) is 11.3 Å². The van der Waals surface area contributed by atoms with Crippen LogP contribution in [0.2, 0.25) is 0 Å². The molecule has 2 aromatic carbocycles. The van der Waals surface area contributed by atoms with Gasteiger partial charge < -0.3 is 0 Å². The van der Waals surface area contributed by atoms with Crippen molar-refractivity contribution in [2.75, 3.05) is 6.26 Å². The van der Waals surface area contributed by atoms with E-state index in [0.717, 1.165) is 10.7 Å². The van der Waals surface area contributed by atoms with Crippen molar-refractivity contribution in [1.29, 1.82) is 0 Å². The van der Waals surface area contributed by atoms with Gasteiger partial charge in [0.25, 0.3) is 0 Å². The van der Waals surface area contributed by atoms with Crippen LogP contribution in [0, 0.1) is 0 Å². The number of nitrogens with zero attached hydrogens (tertiary/aromatic N) is 1. The Balaban J connectivity index is 0.00000112. The fourth-order valence-electron chi connectivity index (χ4n) is 1.45. The first-order chi connectivity index (χ1) is 11.4. The van der Waals surface area contributed by atoms with Gasteiger partial charge in [0.2, 0.25) is 0 Å². The fourth-order valence-corrected chi connectivity index (χ4v) is 2.61. The van der Waals surface area contributed by atoms with Crippen LogP contribution in [0.25, 0.3) is 0 Å². The van der Waals surface area contributed by atoms with Crippen molar-refractivity contribution in [3.05, 3.63) is 72.1 Å². The van der Waals surface area contributed by atoms with Crippen LogP contribution in [0.3, 0.4) is 0 Å². The molecule has 0 N–H and O–H groups in total. The molecule has 2 rings (SSSR count). The smallest absolute Gasteiger partial charge is 0.0969 e. The van der Waals surface area contributed by atoms with Crippen molar-refractivity contribution in [2.45, 2.75) is 32.6 Å². The predicted octanol–water partition coefficient (Wildman–Crippen LogP) is 7.44. The van der Waals surface area contributed by atoms with E-state index in [2.05, 4.69) is 28.6 Å². The average Bonchev–Trinajstić information content (AvgIpc) is 2.66. The van der Waals surface area contributed by atoms with Gasteiger partial charge in [0, 0.05) is 4.90 Å². The highest BCUT2D eigenvalue weighted by Gasteiger charge is 1.93. The molecule has 0 saturated heterocycles. The Bertz CT molecular complexity index is 548. The first kappa shape index (κ1) is 21.6. The highest BCUT2D eigenvalue weighted by atomic mass is 32.2. The molecule has 0 unspecified atom stereocenters. The summed E-state index contributed by atoms with van der Waals surface area (Å²) in [5, 5.41) is 3.09. The number of para-hydroxylation sites is 1. The predicted molar refractivity (Wildman–Crippen MR) is 111 cm³/mol. The summed E-state index contributed by atoms with van der Waals surface area (Å²) in [5.41, 5.74) is 0.987. The molecule has 0 radical (unpaired) electrons. The van der Waals surface area contributed by atoms with Crippen LogP contribution < -0.4 is 0 Å². The van der Waals surface area contributed by atoms with Crippen molar-refractivity contribution >= 4 is 34.3 Å². The van der Waals surface area contributed by atoms with E-state index in [0.29, 0.717) is 0 Å². The molecule has 0 fully saturated rings. The van der Waals surface area contributed by atoms with Gasteiger partial charge in [-0.05, 0) is 42.0 Å². The molecule has 0 aliphatic heterocycles. The number of aliphatic imine (C=N–C) groups is 1. The topological polar surface area (TPSA) is 12.4 Å². The summed E-state index contributed by atoms with van der Waals surface area (Å²) in [6, 6.07) is 20.3. The lowest BCUT2D eigenvalue weighted by atomic mass is 10.3. The second kappa shape index (κ2) is 15.4. The Morgan fingerprint density at radius 1 is 0.826 bits per heavy atom. The molecule has 0 atom stereocenters. The quantitative estimate of drug-likeness (QED) is 0.324. The Morgan fingerprint density at radius 3 is 1.87 bits per heavy atom. The van der Waals surface area contributed by atoms with E-state index >= 15 is 0 Å². The SMILES string of the molecule is CC.CC.CSC(C=CSc1ccccc1)=Nc1ccccc1. The Morgan fingerprint density at radius 2 is 1.35 bits per heavy atom. The molecule has 23 heavy (non-hydrogen) atoms. The van der Waals surface area contributed by atoms with Crippen LogP contribution in [-0.2, 0) is 0 Å². The minimum atomic E-state index is 0.987. The molecule has 2 aromatic rings. The number of hydrogen-bond acceptors (Lipinski definition) is 3. The molecule has 0 amide bonds. The maximum atomic E-state index is 4.59. The van der Waals surface area contributed by atoms with Crippen molar-refractivity contribution < 1.29 is 0 Å². The zero-order chi connectivity index (χ0) is 17.3. The third kappa shape index (κ3) is 10.0. The third-order valence-electron chi connectivity index (χ3n) is 2.36. The van der Waals surface area contributed by atoms with Gasteiger partial charge in [0.1, 0.15) is 0 Å². The second-order valence-corrected chi connectivity index (χ2v) is 5.53. The number of thioether (sulfide) groups is 2. The second-order valence-electron chi connectivity index (χ2n) is 3.72. The summed E-state index contributed by atoms with van der Waals surface area (Å²) < 4.78 is 0. The van der Waals surface area contributed by atoms with Gasteiger partial charge in [-0.1, -0.05) is 75.9 Å². The average molecular weight is 346 g/mol. The Hall–Kier alpha value is -1.45. The molecule has 1 nitrogen and oxygen atoms in total. The van der Waals surface area contributed by atoms with Crippen molar-refractivity contribution in [2.24, 2.45) is 4.99 Å². The molecule has 0 aliphatic carbocycles. The van der Waals surface area contributed by atoms with E-state index < -0.39 is 0 Å². The van der Waals surface area contributed by atoms with Gasteiger partial charge in [-0.3, -0.25) is 0 Å². The Kier molecular flexibility index (Phi) is 14.5. The highest BCUT2D eigenvalue weighted by Crippen LogP contribution is 2.20. The van der Waals surface area contributed by atoms with E-state index in [4.69, 9.17) is 0 Å². The van der Waals surface area contributed by atoms with Gasteiger partial charge in [-0.15, -0.1) is 11.8 Å². The summed E-state index contributed by atoms with van der Waals surface area (Å²) in [7, 11) is 0. The molecule has 124 valence electrons. The summed E-state index contributed by atoms with van der Waals surface area (Å²) in [6.45, 7) is 8.00.